The van der Waals surface area contributed by atoms with Crippen LogP contribution in [0.3, 0.4) is 0 Å². The van der Waals surface area contributed by atoms with Gasteiger partial charge >= 0.3 is 0 Å². The van der Waals surface area contributed by atoms with Crippen molar-refractivity contribution in [3.8, 4) is 22.8 Å². The summed E-state index contributed by atoms with van der Waals surface area (Å²) in [5.41, 5.74) is 7.48. The van der Waals surface area contributed by atoms with Gasteiger partial charge in [0.15, 0.2) is 12.5 Å². The Hall–Kier alpha value is -4.79. The zero-order valence-corrected chi connectivity index (χ0v) is 21.8. The number of nitrogens with zero attached hydrogens (tertiary/aromatic N) is 4. The third-order valence-corrected chi connectivity index (χ3v) is 7.67. The van der Waals surface area contributed by atoms with Gasteiger partial charge in [0.2, 0.25) is 0 Å². The predicted molar refractivity (Wildman–Crippen MR) is 150 cm³/mol. The molecule has 1 aliphatic rings. The van der Waals surface area contributed by atoms with E-state index in [9.17, 15) is 9.90 Å². The maximum atomic E-state index is 12.4. The fourth-order valence-electron chi connectivity index (χ4n) is 6.07. The molecule has 0 saturated carbocycles. The van der Waals surface area contributed by atoms with Crippen LogP contribution in [0.5, 0.6) is 11.6 Å². The number of H-pyrrole nitrogens is 1. The quantitative estimate of drug-likeness (QED) is 0.298. The van der Waals surface area contributed by atoms with Crippen molar-refractivity contribution in [1.82, 2.24) is 29.6 Å². The molecule has 9 heteroatoms. The summed E-state index contributed by atoms with van der Waals surface area (Å²) in [7, 11) is 1.94. The molecule has 39 heavy (non-hydrogen) atoms. The second kappa shape index (κ2) is 8.90. The summed E-state index contributed by atoms with van der Waals surface area (Å²) in [4.78, 5) is 19.7. The van der Waals surface area contributed by atoms with E-state index in [4.69, 9.17) is 4.74 Å². The molecule has 9 nitrogen and oxygen atoms in total. The van der Waals surface area contributed by atoms with Crippen molar-refractivity contribution in [3.05, 3.63) is 71.9 Å². The lowest BCUT2D eigenvalue weighted by Crippen LogP contribution is -2.28. The van der Waals surface area contributed by atoms with Gasteiger partial charge < -0.3 is 24.7 Å². The SMILES string of the molecule is CCn1c2ccc(OCC(=O)NCc3ccccn3)cc2c2c3c[nH]c(O)c3c3c(c21)CCc1nn(C)cc1-3. The summed E-state index contributed by atoms with van der Waals surface area (Å²) in [5, 5.41) is 22.4. The third-order valence-electron chi connectivity index (χ3n) is 7.67. The molecule has 1 aliphatic carbocycles. The largest absolute Gasteiger partial charge is 0.494 e. The Morgan fingerprint density at radius 1 is 1.18 bits per heavy atom. The number of aromatic nitrogens is 5. The van der Waals surface area contributed by atoms with Crippen LogP contribution in [-0.2, 0) is 37.8 Å². The number of hydrogen-bond acceptors (Lipinski definition) is 5. The molecule has 0 atom stereocenters. The Balaban J connectivity index is 1.32. The molecule has 4 heterocycles. The average Bonchev–Trinajstić information content (AvgIpc) is 3.63. The summed E-state index contributed by atoms with van der Waals surface area (Å²) in [6.45, 7) is 3.21. The van der Waals surface area contributed by atoms with Gasteiger partial charge in [-0.1, -0.05) is 6.07 Å². The standard InChI is InChI=1S/C30H28N6O3/c1-3-36-24-10-7-18(39-16-25(37)32-13-17-6-4-5-11-31-17)12-20(24)27-21-14-33-30(38)28(21)26-19(29(27)36)8-9-23-22(26)15-35(2)34-23/h4-7,10-12,14-15,33,38H,3,8-9,13,16H2,1-2H3,(H,32,37). The van der Waals surface area contributed by atoms with Crippen LogP contribution >= 0.6 is 0 Å². The first kappa shape index (κ1) is 23.3. The summed E-state index contributed by atoms with van der Waals surface area (Å²) in [6.07, 6.45) is 7.33. The molecular weight excluding hydrogens is 492 g/mol. The number of carbonyl (C=O) groups is 1. The van der Waals surface area contributed by atoms with Gasteiger partial charge in [0.05, 0.1) is 28.8 Å². The van der Waals surface area contributed by atoms with E-state index < -0.39 is 0 Å². The molecule has 196 valence electrons. The fraction of sp³-hybridized carbons (Fsp3) is 0.233. The molecule has 0 bridgehead atoms. The van der Waals surface area contributed by atoms with Crippen molar-refractivity contribution in [1.29, 1.82) is 0 Å². The topological polar surface area (TPSA) is 110 Å². The van der Waals surface area contributed by atoms with E-state index in [0.29, 0.717) is 12.3 Å². The number of hydrogen-bond donors (Lipinski definition) is 3. The average molecular weight is 521 g/mol. The molecule has 3 N–H and O–H groups in total. The van der Waals surface area contributed by atoms with E-state index in [0.717, 1.165) is 69.0 Å². The van der Waals surface area contributed by atoms with Crippen LogP contribution in [0, 0.1) is 0 Å². The first-order chi connectivity index (χ1) is 19.0. The summed E-state index contributed by atoms with van der Waals surface area (Å²) in [6, 6.07) is 11.6. The minimum absolute atomic E-state index is 0.0930. The number of nitrogens with one attached hydrogen (secondary N) is 2. The van der Waals surface area contributed by atoms with Crippen LogP contribution in [0.25, 0.3) is 43.7 Å². The van der Waals surface area contributed by atoms with Crippen molar-refractivity contribution in [2.24, 2.45) is 7.05 Å². The number of aryl methyl sites for hydroxylation is 4. The molecule has 0 radical (unpaired) electrons. The predicted octanol–water partition coefficient (Wildman–Crippen LogP) is 4.59. The molecule has 0 fully saturated rings. The maximum absolute atomic E-state index is 12.4. The van der Waals surface area contributed by atoms with Gasteiger partial charge in [0.25, 0.3) is 5.91 Å². The van der Waals surface area contributed by atoms with E-state index in [-0.39, 0.29) is 18.4 Å². The smallest absolute Gasteiger partial charge is 0.258 e. The zero-order chi connectivity index (χ0) is 26.7. The fourth-order valence-corrected chi connectivity index (χ4v) is 6.07. The number of pyridine rings is 1. The number of carbonyl (C=O) groups excluding carboxylic acids is 1. The van der Waals surface area contributed by atoms with Crippen LogP contribution in [0.2, 0.25) is 0 Å². The van der Waals surface area contributed by atoms with Gasteiger partial charge in [-0.2, -0.15) is 5.10 Å². The van der Waals surface area contributed by atoms with Crippen LogP contribution in [0.4, 0.5) is 0 Å². The Bertz CT molecular complexity index is 1900. The number of benzene rings is 2. The first-order valence-corrected chi connectivity index (χ1v) is 13.2. The van der Waals surface area contributed by atoms with Crippen molar-refractivity contribution in [2.45, 2.75) is 32.9 Å². The normalized spacial score (nSPS) is 12.7. The molecule has 7 rings (SSSR count). The Kier molecular flexibility index (Phi) is 5.33. The number of fused-ring (bicyclic) bond motifs is 10. The number of rotatable bonds is 6. The van der Waals surface area contributed by atoms with Gasteiger partial charge in [0.1, 0.15) is 5.75 Å². The number of aromatic amines is 1. The van der Waals surface area contributed by atoms with Gasteiger partial charge in [-0.25, -0.2) is 0 Å². The maximum Gasteiger partial charge on any atom is 0.258 e. The van der Waals surface area contributed by atoms with Crippen LogP contribution in [0.1, 0.15) is 23.9 Å². The lowest BCUT2D eigenvalue weighted by Gasteiger charge is -2.20. The number of ether oxygens (including phenoxy) is 1. The van der Waals surface area contributed by atoms with Gasteiger partial charge in [-0.3, -0.25) is 14.5 Å². The van der Waals surface area contributed by atoms with Crippen molar-refractivity contribution in [3.63, 3.8) is 0 Å². The van der Waals surface area contributed by atoms with Crippen molar-refractivity contribution >= 4 is 38.5 Å². The molecule has 0 saturated heterocycles. The van der Waals surface area contributed by atoms with Gasteiger partial charge in [0, 0.05) is 65.0 Å². The molecule has 0 aliphatic heterocycles. The van der Waals surface area contributed by atoms with Crippen LogP contribution in [-0.4, -0.2) is 41.9 Å². The van der Waals surface area contributed by atoms with E-state index in [2.05, 4.69) is 44.1 Å². The van der Waals surface area contributed by atoms with Gasteiger partial charge in [-0.05, 0) is 55.7 Å². The van der Waals surface area contributed by atoms with E-state index in [1.165, 1.54) is 11.1 Å². The number of amides is 1. The molecule has 2 aromatic carbocycles. The minimum Gasteiger partial charge on any atom is -0.494 e. The molecule has 4 aromatic heterocycles. The second-order valence-electron chi connectivity index (χ2n) is 9.98. The van der Waals surface area contributed by atoms with E-state index >= 15 is 0 Å². The van der Waals surface area contributed by atoms with E-state index in [1.54, 1.807) is 6.20 Å². The Labute approximate surface area is 224 Å². The molecular formula is C30H28N6O3. The molecule has 1 amide bonds. The monoisotopic (exact) mass is 520 g/mol. The van der Waals surface area contributed by atoms with Crippen molar-refractivity contribution in [2.75, 3.05) is 6.61 Å². The Morgan fingerprint density at radius 3 is 2.90 bits per heavy atom. The molecule has 0 spiro atoms. The minimum atomic E-state index is -0.212. The lowest BCUT2D eigenvalue weighted by molar-refractivity contribution is -0.123. The van der Waals surface area contributed by atoms with Crippen LogP contribution in [0.15, 0.2) is 55.0 Å². The summed E-state index contributed by atoms with van der Waals surface area (Å²) in [5.74, 6) is 0.566. The molecule has 0 unspecified atom stereocenters. The van der Waals surface area contributed by atoms with Gasteiger partial charge in [-0.15, -0.1) is 0 Å². The summed E-state index contributed by atoms with van der Waals surface area (Å²) >= 11 is 0. The zero-order valence-electron chi connectivity index (χ0n) is 21.8. The highest BCUT2D eigenvalue weighted by Crippen LogP contribution is 2.49. The molecule has 6 aromatic rings. The Morgan fingerprint density at radius 2 is 2.08 bits per heavy atom. The third kappa shape index (κ3) is 3.64. The first-order valence-electron chi connectivity index (χ1n) is 13.2. The highest BCUT2D eigenvalue weighted by atomic mass is 16.5. The highest BCUT2D eigenvalue weighted by Gasteiger charge is 2.29. The summed E-state index contributed by atoms with van der Waals surface area (Å²) < 4.78 is 10.1. The van der Waals surface area contributed by atoms with Crippen LogP contribution < -0.4 is 10.1 Å². The van der Waals surface area contributed by atoms with Crippen molar-refractivity contribution < 1.29 is 14.6 Å². The van der Waals surface area contributed by atoms with E-state index in [1.807, 2.05) is 48.3 Å². The highest BCUT2D eigenvalue weighted by molar-refractivity contribution is 6.26. The lowest BCUT2D eigenvalue weighted by atomic mass is 9.85. The second-order valence-corrected chi connectivity index (χ2v) is 9.98. The number of aromatic hydroxyl groups is 1.